The Hall–Kier alpha value is -1.89. The Labute approximate surface area is 141 Å². The van der Waals surface area contributed by atoms with Crippen molar-refractivity contribution < 1.29 is 9.53 Å². The fourth-order valence-corrected chi connectivity index (χ4v) is 2.58. The number of hydrogen-bond donors (Lipinski definition) is 2. The van der Waals surface area contributed by atoms with Gasteiger partial charge in [-0.2, -0.15) is 5.10 Å². The Bertz CT molecular complexity index is 632. The molecular formula is C16H21ClN4O2. The Morgan fingerprint density at radius 3 is 2.83 bits per heavy atom. The third kappa shape index (κ3) is 4.54. The summed E-state index contributed by atoms with van der Waals surface area (Å²) in [5, 5.41) is 7.11. The average Bonchev–Trinajstić information content (AvgIpc) is 3.17. The van der Waals surface area contributed by atoms with Gasteiger partial charge in [0.15, 0.2) is 0 Å². The molecule has 1 aliphatic rings. The third-order valence-corrected chi connectivity index (χ3v) is 3.75. The summed E-state index contributed by atoms with van der Waals surface area (Å²) in [5.41, 5.74) is 7.40. The Morgan fingerprint density at radius 2 is 2.13 bits per heavy atom. The van der Waals surface area contributed by atoms with Crippen LogP contribution in [0.2, 0.25) is 0 Å². The normalized spacial score (nSPS) is 20.0. The highest BCUT2D eigenvalue weighted by molar-refractivity contribution is 5.94. The van der Waals surface area contributed by atoms with E-state index in [1.807, 2.05) is 36.5 Å². The van der Waals surface area contributed by atoms with E-state index in [4.69, 9.17) is 10.5 Å². The van der Waals surface area contributed by atoms with Gasteiger partial charge in [0.1, 0.15) is 6.10 Å². The molecule has 124 valence electrons. The van der Waals surface area contributed by atoms with Gasteiger partial charge in [-0.1, -0.05) is 30.3 Å². The number of ether oxygens (including phenoxy) is 1. The van der Waals surface area contributed by atoms with Crippen molar-refractivity contribution in [3.05, 3.63) is 48.3 Å². The van der Waals surface area contributed by atoms with Gasteiger partial charge in [0.2, 0.25) is 0 Å². The molecule has 0 bridgehead atoms. The Kier molecular flexibility index (Phi) is 6.15. The molecular weight excluding hydrogens is 316 g/mol. The van der Waals surface area contributed by atoms with E-state index in [1.54, 1.807) is 10.9 Å². The molecule has 3 N–H and O–H groups in total. The van der Waals surface area contributed by atoms with Crippen LogP contribution in [0.3, 0.4) is 0 Å². The van der Waals surface area contributed by atoms with Crippen molar-refractivity contribution in [3.8, 4) is 0 Å². The number of hydrogen-bond acceptors (Lipinski definition) is 4. The molecule has 1 aromatic carbocycles. The zero-order valence-electron chi connectivity index (χ0n) is 12.7. The maximum Gasteiger partial charge on any atom is 0.253 e. The second-order valence-corrected chi connectivity index (χ2v) is 5.46. The van der Waals surface area contributed by atoms with Crippen LogP contribution in [0.25, 0.3) is 0 Å². The van der Waals surface area contributed by atoms with E-state index < -0.39 is 6.10 Å². The van der Waals surface area contributed by atoms with Gasteiger partial charge in [-0.3, -0.25) is 9.48 Å². The molecule has 2 aromatic rings. The zero-order chi connectivity index (χ0) is 15.4. The number of rotatable bonds is 5. The lowest BCUT2D eigenvalue weighted by atomic mass is 10.2. The Morgan fingerprint density at radius 1 is 1.35 bits per heavy atom. The smallest absolute Gasteiger partial charge is 0.253 e. The SMILES string of the molecule is Cl.NC[C@H]1CC[C@@H](C(=O)Nc2cnn(Cc3ccccc3)c2)O1. The number of nitrogens with two attached hydrogens (primary N) is 1. The van der Waals surface area contributed by atoms with Crippen LogP contribution in [0.4, 0.5) is 5.69 Å². The summed E-state index contributed by atoms with van der Waals surface area (Å²) in [6.45, 7) is 1.13. The lowest BCUT2D eigenvalue weighted by Crippen LogP contribution is -2.29. The topological polar surface area (TPSA) is 82.2 Å². The lowest BCUT2D eigenvalue weighted by Gasteiger charge is -2.11. The maximum atomic E-state index is 12.1. The number of benzene rings is 1. The zero-order valence-corrected chi connectivity index (χ0v) is 13.5. The molecule has 0 aliphatic carbocycles. The highest BCUT2D eigenvalue weighted by atomic mass is 35.5. The predicted octanol–water partition coefficient (Wildman–Crippen LogP) is 1.80. The van der Waals surface area contributed by atoms with Crippen molar-refractivity contribution in [2.45, 2.75) is 31.6 Å². The minimum absolute atomic E-state index is 0. The van der Waals surface area contributed by atoms with Crippen LogP contribution < -0.4 is 11.1 Å². The maximum absolute atomic E-state index is 12.1. The van der Waals surface area contributed by atoms with E-state index in [2.05, 4.69) is 10.4 Å². The van der Waals surface area contributed by atoms with Gasteiger partial charge < -0.3 is 15.8 Å². The first-order valence-corrected chi connectivity index (χ1v) is 7.47. The molecule has 1 aromatic heterocycles. The molecule has 7 heteroatoms. The fraction of sp³-hybridized carbons (Fsp3) is 0.375. The number of anilines is 1. The van der Waals surface area contributed by atoms with Gasteiger partial charge in [0.05, 0.1) is 24.5 Å². The fourth-order valence-electron chi connectivity index (χ4n) is 2.58. The van der Waals surface area contributed by atoms with Gasteiger partial charge in [0.25, 0.3) is 5.91 Å². The third-order valence-electron chi connectivity index (χ3n) is 3.75. The van der Waals surface area contributed by atoms with Crippen LogP contribution in [0.1, 0.15) is 18.4 Å². The van der Waals surface area contributed by atoms with Crippen molar-refractivity contribution in [2.24, 2.45) is 5.73 Å². The molecule has 1 amide bonds. The second kappa shape index (κ2) is 8.10. The molecule has 6 nitrogen and oxygen atoms in total. The predicted molar refractivity (Wildman–Crippen MR) is 90.6 cm³/mol. The van der Waals surface area contributed by atoms with Gasteiger partial charge >= 0.3 is 0 Å². The number of carbonyl (C=O) groups excluding carboxylic acids is 1. The first kappa shape index (κ1) is 17.5. The van der Waals surface area contributed by atoms with E-state index in [1.165, 1.54) is 0 Å². The van der Waals surface area contributed by atoms with E-state index >= 15 is 0 Å². The van der Waals surface area contributed by atoms with Gasteiger partial charge in [-0.25, -0.2) is 0 Å². The van der Waals surface area contributed by atoms with Crippen LogP contribution >= 0.6 is 12.4 Å². The highest BCUT2D eigenvalue weighted by Crippen LogP contribution is 2.20. The number of aromatic nitrogens is 2. The number of carbonyl (C=O) groups is 1. The van der Waals surface area contributed by atoms with Gasteiger partial charge in [-0.15, -0.1) is 12.4 Å². The largest absolute Gasteiger partial charge is 0.364 e. The summed E-state index contributed by atoms with van der Waals surface area (Å²) in [5.74, 6) is -0.129. The number of halogens is 1. The van der Waals surface area contributed by atoms with Crippen LogP contribution in [0.15, 0.2) is 42.7 Å². The van der Waals surface area contributed by atoms with Crippen molar-refractivity contribution in [1.82, 2.24) is 9.78 Å². The molecule has 0 saturated carbocycles. The van der Waals surface area contributed by atoms with Gasteiger partial charge in [0, 0.05) is 12.7 Å². The molecule has 2 heterocycles. The molecule has 1 saturated heterocycles. The first-order chi connectivity index (χ1) is 10.7. The lowest BCUT2D eigenvalue weighted by molar-refractivity contribution is -0.126. The van der Waals surface area contributed by atoms with Crippen molar-refractivity contribution >= 4 is 24.0 Å². The van der Waals surface area contributed by atoms with E-state index in [0.717, 1.165) is 12.0 Å². The summed E-state index contributed by atoms with van der Waals surface area (Å²) in [7, 11) is 0. The molecule has 23 heavy (non-hydrogen) atoms. The minimum atomic E-state index is -0.411. The second-order valence-electron chi connectivity index (χ2n) is 5.46. The first-order valence-electron chi connectivity index (χ1n) is 7.47. The van der Waals surface area contributed by atoms with E-state index in [-0.39, 0.29) is 24.4 Å². The summed E-state index contributed by atoms with van der Waals surface area (Å²) >= 11 is 0. The molecule has 0 spiro atoms. The van der Waals surface area contributed by atoms with Crippen LogP contribution in [-0.4, -0.2) is 34.4 Å². The summed E-state index contributed by atoms with van der Waals surface area (Å²) in [6.07, 6.45) is 4.60. The molecule has 1 aliphatic heterocycles. The highest BCUT2D eigenvalue weighted by Gasteiger charge is 2.29. The molecule has 2 atom stereocenters. The van der Waals surface area contributed by atoms with Gasteiger partial charge in [-0.05, 0) is 18.4 Å². The van der Waals surface area contributed by atoms with Crippen LogP contribution in [-0.2, 0) is 16.1 Å². The van der Waals surface area contributed by atoms with E-state index in [0.29, 0.717) is 25.2 Å². The molecule has 1 fully saturated rings. The van der Waals surface area contributed by atoms with E-state index in [9.17, 15) is 4.79 Å². The summed E-state index contributed by atoms with van der Waals surface area (Å²) in [4.78, 5) is 12.1. The molecule has 3 rings (SSSR count). The standard InChI is InChI=1S/C16H20N4O2.ClH/c17-8-14-6-7-15(22-14)16(21)19-13-9-18-20(11-13)10-12-4-2-1-3-5-12;/h1-5,9,11,14-15H,6-8,10,17H2,(H,19,21);1H/t14-,15+;/m1./s1. The van der Waals surface area contributed by atoms with Crippen LogP contribution in [0, 0.1) is 0 Å². The van der Waals surface area contributed by atoms with Crippen LogP contribution in [0.5, 0.6) is 0 Å². The minimum Gasteiger partial charge on any atom is -0.364 e. The van der Waals surface area contributed by atoms with Crippen molar-refractivity contribution in [2.75, 3.05) is 11.9 Å². The quantitative estimate of drug-likeness (QED) is 0.872. The van der Waals surface area contributed by atoms with Crippen molar-refractivity contribution in [3.63, 3.8) is 0 Å². The number of nitrogens with zero attached hydrogens (tertiary/aromatic N) is 2. The monoisotopic (exact) mass is 336 g/mol. The Balaban J connectivity index is 0.00000192. The molecule has 0 radical (unpaired) electrons. The number of nitrogens with one attached hydrogen (secondary N) is 1. The number of amides is 1. The summed E-state index contributed by atoms with van der Waals surface area (Å²) < 4.78 is 7.38. The summed E-state index contributed by atoms with van der Waals surface area (Å²) in [6, 6.07) is 10.0. The van der Waals surface area contributed by atoms with Crippen molar-refractivity contribution in [1.29, 1.82) is 0 Å². The average molecular weight is 337 g/mol. The molecule has 0 unspecified atom stereocenters.